The van der Waals surface area contributed by atoms with Gasteiger partial charge in [0.15, 0.2) is 5.76 Å². The molecule has 0 saturated heterocycles. The topological polar surface area (TPSA) is 97.4 Å². The van der Waals surface area contributed by atoms with Gasteiger partial charge in [-0.3, -0.25) is 9.59 Å². The van der Waals surface area contributed by atoms with Gasteiger partial charge in [-0.05, 0) is 49.7 Å². The van der Waals surface area contributed by atoms with Gasteiger partial charge in [-0.15, -0.1) is 0 Å². The SMILES string of the molecule is CCCC(C)(N)C(=O)Nc1ccc(NC(=O)c2ccco2)cc1. The molecule has 0 spiro atoms. The molecule has 2 aromatic rings. The number of nitrogens with one attached hydrogen (secondary N) is 2. The zero-order valence-electron chi connectivity index (χ0n) is 13.3. The second-order valence-corrected chi connectivity index (χ2v) is 5.63. The molecule has 6 nitrogen and oxygen atoms in total. The van der Waals surface area contributed by atoms with Crippen LogP contribution in [0.4, 0.5) is 11.4 Å². The summed E-state index contributed by atoms with van der Waals surface area (Å²) in [7, 11) is 0. The first kappa shape index (κ1) is 16.8. The number of anilines is 2. The normalized spacial score (nSPS) is 13.2. The van der Waals surface area contributed by atoms with Crippen molar-refractivity contribution in [2.45, 2.75) is 32.2 Å². The Labute approximate surface area is 135 Å². The van der Waals surface area contributed by atoms with E-state index < -0.39 is 5.54 Å². The molecular formula is C17H21N3O3. The van der Waals surface area contributed by atoms with E-state index in [0.717, 1.165) is 6.42 Å². The first-order valence-corrected chi connectivity index (χ1v) is 7.47. The average Bonchev–Trinajstić information content (AvgIpc) is 3.03. The molecule has 0 radical (unpaired) electrons. The fraction of sp³-hybridized carbons (Fsp3) is 0.294. The minimum absolute atomic E-state index is 0.230. The van der Waals surface area contributed by atoms with E-state index in [2.05, 4.69) is 10.6 Å². The van der Waals surface area contributed by atoms with Gasteiger partial charge < -0.3 is 20.8 Å². The number of amides is 2. The second kappa shape index (κ2) is 7.11. The van der Waals surface area contributed by atoms with Crippen molar-refractivity contribution in [1.29, 1.82) is 0 Å². The lowest BCUT2D eigenvalue weighted by atomic mass is 9.96. The number of furan rings is 1. The molecule has 6 heteroatoms. The van der Waals surface area contributed by atoms with Crippen molar-refractivity contribution in [3.05, 3.63) is 48.4 Å². The maximum absolute atomic E-state index is 12.1. The van der Waals surface area contributed by atoms with Gasteiger partial charge in [0.05, 0.1) is 11.8 Å². The minimum atomic E-state index is -0.902. The van der Waals surface area contributed by atoms with Crippen LogP contribution in [0.25, 0.3) is 0 Å². The van der Waals surface area contributed by atoms with E-state index in [0.29, 0.717) is 17.8 Å². The van der Waals surface area contributed by atoms with E-state index in [1.54, 1.807) is 43.3 Å². The molecule has 0 aliphatic rings. The molecular weight excluding hydrogens is 294 g/mol. The summed E-state index contributed by atoms with van der Waals surface area (Å²) in [6, 6.07) is 10.0. The highest BCUT2D eigenvalue weighted by Crippen LogP contribution is 2.17. The van der Waals surface area contributed by atoms with Crippen molar-refractivity contribution in [3.8, 4) is 0 Å². The van der Waals surface area contributed by atoms with Crippen molar-refractivity contribution in [3.63, 3.8) is 0 Å². The van der Waals surface area contributed by atoms with Crippen molar-refractivity contribution < 1.29 is 14.0 Å². The zero-order valence-corrected chi connectivity index (χ0v) is 13.3. The molecule has 122 valence electrons. The third-order valence-corrected chi connectivity index (χ3v) is 3.43. The third-order valence-electron chi connectivity index (χ3n) is 3.43. The lowest BCUT2D eigenvalue weighted by Crippen LogP contribution is -2.48. The lowest BCUT2D eigenvalue weighted by Gasteiger charge is -2.22. The predicted octanol–water partition coefficient (Wildman–Crippen LogP) is 2.99. The standard InChI is InChI=1S/C17H21N3O3/c1-3-10-17(2,18)16(22)20-13-8-6-12(7-9-13)19-15(21)14-5-4-11-23-14/h4-9,11H,3,10,18H2,1-2H3,(H,19,21)(H,20,22). The van der Waals surface area contributed by atoms with E-state index in [-0.39, 0.29) is 17.6 Å². The number of nitrogens with two attached hydrogens (primary N) is 1. The van der Waals surface area contributed by atoms with E-state index in [1.807, 2.05) is 6.92 Å². The molecule has 0 fully saturated rings. The van der Waals surface area contributed by atoms with Gasteiger partial charge in [0.2, 0.25) is 5.91 Å². The minimum Gasteiger partial charge on any atom is -0.459 e. The van der Waals surface area contributed by atoms with Crippen LogP contribution in [-0.4, -0.2) is 17.4 Å². The molecule has 1 aromatic heterocycles. The Morgan fingerprint density at radius 2 is 1.74 bits per heavy atom. The quantitative estimate of drug-likeness (QED) is 0.763. The van der Waals surface area contributed by atoms with Gasteiger partial charge in [-0.2, -0.15) is 0 Å². The largest absolute Gasteiger partial charge is 0.459 e. The van der Waals surface area contributed by atoms with Crippen LogP contribution in [0.3, 0.4) is 0 Å². The molecule has 2 rings (SSSR count). The summed E-state index contributed by atoms with van der Waals surface area (Å²) in [5, 5.41) is 5.49. The summed E-state index contributed by atoms with van der Waals surface area (Å²) in [5.74, 6) is -0.322. The summed E-state index contributed by atoms with van der Waals surface area (Å²) in [6.45, 7) is 3.69. The van der Waals surface area contributed by atoms with Crippen molar-refractivity contribution >= 4 is 23.2 Å². The first-order valence-electron chi connectivity index (χ1n) is 7.47. The van der Waals surface area contributed by atoms with Gasteiger partial charge in [0, 0.05) is 11.4 Å². The van der Waals surface area contributed by atoms with Crippen molar-refractivity contribution in [2.24, 2.45) is 5.73 Å². The Morgan fingerprint density at radius 1 is 1.13 bits per heavy atom. The summed E-state index contributed by atoms with van der Waals surface area (Å²) in [4.78, 5) is 24.0. The predicted molar refractivity (Wildman–Crippen MR) is 89.2 cm³/mol. The monoisotopic (exact) mass is 315 g/mol. The maximum Gasteiger partial charge on any atom is 0.291 e. The van der Waals surface area contributed by atoms with Gasteiger partial charge in [0.25, 0.3) is 5.91 Å². The summed E-state index contributed by atoms with van der Waals surface area (Å²) in [5.41, 5.74) is 6.32. The molecule has 1 aromatic carbocycles. The highest BCUT2D eigenvalue weighted by atomic mass is 16.3. The maximum atomic E-state index is 12.1. The Morgan fingerprint density at radius 3 is 2.26 bits per heavy atom. The van der Waals surface area contributed by atoms with Crippen molar-refractivity contribution in [1.82, 2.24) is 0 Å². The molecule has 1 atom stereocenters. The molecule has 4 N–H and O–H groups in total. The molecule has 2 amide bonds. The van der Waals surface area contributed by atoms with Crippen molar-refractivity contribution in [2.75, 3.05) is 10.6 Å². The molecule has 23 heavy (non-hydrogen) atoms. The summed E-state index contributed by atoms with van der Waals surface area (Å²) < 4.78 is 5.02. The van der Waals surface area contributed by atoms with Crippen LogP contribution >= 0.6 is 0 Å². The highest BCUT2D eigenvalue weighted by molar-refractivity contribution is 6.02. The van der Waals surface area contributed by atoms with Crippen LogP contribution in [0.1, 0.15) is 37.2 Å². The Hall–Kier alpha value is -2.60. The van der Waals surface area contributed by atoms with Crippen LogP contribution in [0.2, 0.25) is 0 Å². The number of hydrogen-bond acceptors (Lipinski definition) is 4. The van der Waals surface area contributed by atoms with E-state index in [1.165, 1.54) is 6.26 Å². The second-order valence-electron chi connectivity index (χ2n) is 5.63. The smallest absolute Gasteiger partial charge is 0.291 e. The van der Waals surface area contributed by atoms with Gasteiger partial charge in [0.1, 0.15) is 0 Å². The molecule has 1 heterocycles. The van der Waals surface area contributed by atoms with Crippen LogP contribution < -0.4 is 16.4 Å². The van der Waals surface area contributed by atoms with Crippen LogP contribution in [0, 0.1) is 0 Å². The summed E-state index contributed by atoms with van der Waals surface area (Å²) >= 11 is 0. The Kier molecular flexibility index (Phi) is 5.18. The van der Waals surface area contributed by atoms with E-state index in [4.69, 9.17) is 10.2 Å². The van der Waals surface area contributed by atoms with E-state index >= 15 is 0 Å². The summed E-state index contributed by atoms with van der Waals surface area (Å²) in [6.07, 6.45) is 2.88. The number of carbonyl (C=O) groups is 2. The van der Waals surface area contributed by atoms with Gasteiger partial charge in [-0.25, -0.2) is 0 Å². The molecule has 0 aliphatic heterocycles. The molecule has 0 bridgehead atoms. The molecule has 0 aliphatic carbocycles. The first-order chi connectivity index (χ1) is 10.9. The number of carbonyl (C=O) groups excluding carboxylic acids is 2. The van der Waals surface area contributed by atoms with Crippen LogP contribution in [-0.2, 0) is 4.79 Å². The fourth-order valence-electron chi connectivity index (χ4n) is 2.14. The zero-order chi connectivity index (χ0) is 16.9. The van der Waals surface area contributed by atoms with Gasteiger partial charge >= 0.3 is 0 Å². The number of benzene rings is 1. The number of rotatable bonds is 6. The number of hydrogen-bond donors (Lipinski definition) is 3. The Bertz CT molecular complexity index is 661. The van der Waals surface area contributed by atoms with E-state index in [9.17, 15) is 9.59 Å². The molecule has 1 unspecified atom stereocenters. The highest BCUT2D eigenvalue weighted by Gasteiger charge is 2.27. The van der Waals surface area contributed by atoms with Gasteiger partial charge in [-0.1, -0.05) is 13.3 Å². The lowest BCUT2D eigenvalue weighted by molar-refractivity contribution is -0.120. The molecule has 0 saturated carbocycles. The van der Waals surface area contributed by atoms with Crippen LogP contribution in [0.15, 0.2) is 47.1 Å². The fourth-order valence-corrected chi connectivity index (χ4v) is 2.14. The Balaban J connectivity index is 1.97. The van der Waals surface area contributed by atoms with Crippen LogP contribution in [0.5, 0.6) is 0 Å². The third kappa shape index (κ3) is 4.43. The average molecular weight is 315 g/mol.